The van der Waals surface area contributed by atoms with Gasteiger partial charge in [-0.25, -0.2) is 8.42 Å². The number of hydrogen-bond acceptors (Lipinski definition) is 4. The Morgan fingerprint density at radius 2 is 2.05 bits per heavy atom. The number of hydrogen-bond donors (Lipinski definition) is 2. The lowest BCUT2D eigenvalue weighted by Gasteiger charge is -2.23. The summed E-state index contributed by atoms with van der Waals surface area (Å²) in [6, 6.07) is 0. The molecule has 6 nitrogen and oxygen atoms in total. The molecule has 19 heavy (non-hydrogen) atoms. The number of sulfonamides is 1. The predicted octanol–water partition coefficient (Wildman–Crippen LogP) is 1.23. The Labute approximate surface area is 115 Å². The fraction of sp³-hybridized carbons (Fsp3) is 0.750. The van der Waals surface area contributed by atoms with E-state index < -0.39 is 10.0 Å². The number of nitrogens with one attached hydrogen (secondary N) is 1. The Balaban J connectivity index is 3.17. The van der Waals surface area contributed by atoms with Gasteiger partial charge in [0, 0.05) is 19.6 Å². The monoisotopic (exact) mass is 288 g/mol. The highest BCUT2D eigenvalue weighted by molar-refractivity contribution is 7.89. The number of aromatic nitrogens is 2. The summed E-state index contributed by atoms with van der Waals surface area (Å²) in [5.74, 6) is 0.322. The molecule has 1 heterocycles. The third-order valence-electron chi connectivity index (χ3n) is 3.32. The van der Waals surface area contributed by atoms with Gasteiger partial charge in [0.05, 0.1) is 11.4 Å². The Bertz CT molecular complexity index is 510. The van der Waals surface area contributed by atoms with Crippen molar-refractivity contribution in [3.63, 3.8) is 0 Å². The van der Waals surface area contributed by atoms with Crippen LogP contribution in [0.5, 0.6) is 0 Å². The molecule has 0 fully saturated rings. The summed E-state index contributed by atoms with van der Waals surface area (Å²) in [6.45, 7) is 8.72. The second kappa shape index (κ2) is 6.49. The Morgan fingerprint density at radius 1 is 1.42 bits per heavy atom. The SMILES string of the molecule is CCC(C)CN(CC)S(=O)(=O)c1c(CN)n[nH]c1C. The Hall–Kier alpha value is -0.920. The van der Waals surface area contributed by atoms with Gasteiger partial charge in [-0.15, -0.1) is 0 Å². The van der Waals surface area contributed by atoms with Crippen LogP contribution in [0, 0.1) is 12.8 Å². The highest BCUT2D eigenvalue weighted by Gasteiger charge is 2.30. The van der Waals surface area contributed by atoms with Crippen molar-refractivity contribution in [2.75, 3.05) is 13.1 Å². The molecule has 7 heteroatoms. The van der Waals surface area contributed by atoms with E-state index in [1.165, 1.54) is 4.31 Å². The van der Waals surface area contributed by atoms with Crippen molar-refractivity contribution in [3.8, 4) is 0 Å². The minimum Gasteiger partial charge on any atom is -0.325 e. The van der Waals surface area contributed by atoms with Crippen LogP contribution in [0.3, 0.4) is 0 Å². The molecule has 0 aromatic carbocycles. The standard InChI is InChI=1S/C12H24N4O2S/c1-5-9(3)8-16(6-2)19(17,18)12-10(4)14-15-11(12)7-13/h9H,5-8,13H2,1-4H3,(H,14,15). The summed E-state index contributed by atoms with van der Waals surface area (Å²) in [7, 11) is -3.53. The normalized spacial score (nSPS) is 14.0. The van der Waals surface area contributed by atoms with E-state index in [0.717, 1.165) is 6.42 Å². The number of H-pyrrole nitrogens is 1. The Morgan fingerprint density at radius 3 is 2.53 bits per heavy atom. The van der Waals surface area contributed by atoms with E-state index in [1.54, 1.807) is 6.92 Å². The molecule has 0 bridgehead atoms. The number of aryl methyl sites for hydroxylation is 1. The van der Waals surface area contributed by atoms with Gasteiger partial charge in [0.1, 0.15) is 4.90 Å². The van der Waals surface area contributed by atoms with Gasteiger partial charge >= 0.3 is 0 Å². The predicted molar refractivity (Wildman–Crippen MR) is 75.1 cm³/mol. The highest BCUT2D eigenvalue weighted by Crippen LogP contribution is 2.23. The van der Waals surface area contributed by atoms with E-state index in [1.807, 2.05) is 13.8 Å². The van der Waals surface area contributed by atoms with Crippen LogP contribution < -0.4 is 5.73 Å². The molecule has 0 saturated heterocycles. The first-order valence-electron chi connectivity index (χ1n) is 6.62. The molecule has 1 unspecified atom stereocenters. The van der Waals surface area contributed by atoms with Crippen molar-refractivity contribution >= 4 is 10.0 Å². The van der Waals surface area contributed by atoms with Gasteiger partial charge < -0.3 is 5.73 Å². The summed E-state index contributed by atoms with van der Waals surface area (Å²) in [4.78, 5) is 0.236. The maximum Gasteiger partial charge on any atom is 0.246 e. The number of nitrogens with zero attached hydrogens (tertiary/aromatic N) is 2. The van der Waals surface area contributed by atoms with Crippen molar-refractivity contribution in [3.05, 3.63) is 11.4 Å². The largest absolute Gasteiger partial charge is 0.325 e. The van der Waals surface area contributed by atoms with Crippen molar-refractivity contribution in [2.45, 2.75) is 45.6 Å². The van der Waals surface area contributed by atoms with E-state index in [4.69, 9.17) is 5.73 Å². The van der Waals surface area contributed by atoms with Crippen molar-refractivity contribution in [2.24, 2.45) is 11.7 Å². The molecule has 0 radical (unpaired) electrons. The molecule has 0 aliphatic heterocycles. The molecule has 3 N–H and O–H groups in total. The van der Waals surface area contributed by atoms with Gasteiger partial charge in [0.15, 0.2) is 0 Å². The first-order chi connectivity index (χ1) is 8.88. The molecule has 0 aliphatic carbocycles. The molecule has 1 aromatic heterocycles. The molecule has 0 spiro atoms. The molecular weight excluding hydrogens is 264 g/mol. The average molecular weight is 288 g/mol. The zero-order valence-corrected chi connectivity index (χ0v) is 12.9. The number of aromatic amines is 1. The van der Waals surface area contributed by atoms with E-state index in [2.05, 4.69) is 17.1 Å². The summed E-state index contributed by atoms with van der Waals surface area (Å²) in [5.41, 5.74) is 6.51. The van der Waals surface area contributed by atoms with Crippen molar-refractivity contribution < 1.29 is 8.42 Å². The van der Waals surface area contributed by atoms with Crippen LogP contribution in [0.2, 0.25) is 0 Å². The summed E-state index contributed by atoms with van der Waals surface area (Å²) in [5, 5.41) is 6.67. The number of rotatable bonds is 7. The molecule has 0 aliphatic rings. The summed E-state index contributed by atoms with van der Waals surface area (Å²) < 4.78 is 26.9. The minimum atomic E-state index is -3.53. The molecule has 110 valence electrons. The van der Waals surface area contributed by atoms with Crippen LogP contribution in [0.4, 0.5) is 0 Å². The topological polar surface area (TPSA) is 92.1 Å². The van der Waals surface area contributed by atoms with Crippen LogP contribution in [0.1, 0.15) is 38.6 Å². The zero-order chi connectivity index (χ0) is 14.6. The number of nitrogens with two attached hydrogens (primary N) is 1. The first-order valence-corrected chi connectivity index (χ1v) is 8.06. The fourth-order valence-corrected chi connectivity index (χ4v) is 3.86. The third kappa shape index (κ3) is 3.34. The van der Waals surface area contributed by atoms with Crippen molar-refractivity contribution in [1.29, 1.82) is 0 Å². The van der Waals surface area contributed by atoms with E-state index in [9.17, 15) is 8.42 Å². The fourth-order valence-electron chi connectivity index (χ4n) is 1.95. The first kappa shape index (κ1) is 16.1. The zero-order valence-electron chi connectivity index (χ0n) is 12.1. The van der Waals surface area contributed by atoms with Gasteiger partial charge in [-0.05, 0) is 12.8 Å². The van der Waals surface area contributed by atoms with Gasteiger partial charge in [-0.2, -0.15) is 9.40 Å². The van der Waals surface area contributed by atoms with Gasteiger partial charge in [0.25, 0.3) is 0 Å². The van der Waals surface area contributed by atoms with Crippen LogP contribution in [0.15, 0.2) is 4.90 Å². The summed E-state index contributed by atoms with van der Waals surface area (Å²) in [6.07, 6.45) is 0.945. The van der Waals surface area contributed by atoms with Crippen LogP contribution in [-0.2, 0) is 16.6 Å². The maximum absolute atomic E-state index is 12.7. The van der Waals surface area contributed by atoms with Crippen LogP contribution >= 0.6 is 0 Å². The quantitative estimate of drug-likeness (QED) is 0.789. The lowest BCUT2D eigenvalue weighted by Crippen LogP contribution is -2.35. The van der Waals surface area contributed by atoms with Crippen LogP contribution in [0.25, 0.3) is 0 Å². The molecule has 1 atom stereocenters. The molecule has 0 amide bonds. The lowest BCUT2D eigenvalue weighted by molar-refractivity contribution is 0.361. The van der Waals surface area contributed by atoms with Gasteiger partial charge in [-0.3, -0.25) is 5.10 Å². The maximum atomic E-state index is 12.7. The van der Waals surface area contributed by atoms with Crippen LogP contribution in [-0.4, -0.2) is 36.0 Å². The van der Waals surface area contributed by atoms with Crippen molar-refractivity contribution in [1.82, 2.24) is 14.5 Å². The van der Waals surface area contributed by atoms with E-state index >= 15 is 0 Å². The summed E-state index contributed by atoms with van der Waals surface area (Å²) >= 11 is 0. The molecule has 1 rings (SSSR count). The van der Waals surface area contributed by atoms with Gasteiger partial charge in [-0.1, -0.05) is 27.2 Å². The van der Waals surface area contributed by atoms with E-state index in [0.29, 0.717) is 30.4 Å². The third-order valence-corrected chi connectivity index (χ3v) is 5.46. The lowest BCUT2D eigenvalue weighted by atomic mass is 10.1. The molecule has 0 saturated carbocycles. The highest BCUT2D eigenvalue weighted by atomic mass is 32.2. The van der Waals surface area contributed by atoms with E-state index in [-0.39, 0.29) is 11.4 Å². The van der Waals surface area contributed by atoms with Gasteiger partial charge in [0.2, 0.25) is 10.0 Å². The smallest absolute Gasteiger partial charge is 0.246 e. The minimum absolute atomic E-state index is 0.111. The molecule has 1 aromatic rings. The molecular formula is C12H24N4O2S. The second-order valence-electron chi connectivity index (χ2n) is 4.80. The second-order valence-corrected chi connectivity index (χ2v) is 6.67. The average Bonchev–Trinajstić information content (AvgIpc) is 2.76. The Kier molecular flexibility index (Phi) is 5.51.